The van der Waals surface area contributed by atoms with Crippen LogP contribution in [0.5, 0.6) is 0 Å². The van der Waals surface area contributed by atoms with Crippen LogP contribution in [0.1, 0.15) is 41.4 Å². The van der Waals surface area contributed by atoms with E-state index in [0.717, 1.165) is 11.0 Å². The Morgan fingerprint density at radius 1 is 0.844 bits per heavy atom. The maximum Gasteiger partial charge on any atom is 0.338 e. The molecule has 0 N–H and O–H groups in total. The van der Waals surface area contributed by atoms with Gasteiger partial charge in [0, 0.05) is 17.7 Å². The van der Waals surface area contributed by atoms with E-state index >= 15 is 0 Å². The van der Waals surface area contributed by atoms with Crippen molar-refractivity contribution in [2.24, 2.45) is 0 Å². The Morgan fingerprint density at radius 3 is 2.06 bits per heavy atom. The summed E-state index contributed by atoms with van der Waals surface area (Å²) in [6.45, 7) is -0.597. The van der Waals surface area contributed by atoms with Gasteiger partial charge < -0.3 is 4.74 Å². The van der Waals surface area contributed by atoms with Crippen molar-refractivity contribution < 1.29 is 28.8 Å². The molecule has 0 fully saturated rings. The third kappa shape index (κ3) is 3.74. The van der Waals surface area contributed by atoms with Crippen LogP contribution in [0.4, 0.5) is 11.4 Å². The third-order valence-electron chi connectivity index (χ3n) is 4.87. The first-order valence-corrected chi connectivity index (χ1v) is 9.39. The van der Waals surface area contributed by atoms with Gasteiger partial charge in [0.25, 0.3) is 17.5 Å². The minimum absolute atomic E-state index is 0.0490. The van der Waals surface area contributed by atoms with Crippen LogP contribution >= 0.6 is 0 Å². The predicted molar refractivity (Wildman–Crippen MR) is 112 cm³/mol. The first-order valence-electron chi connectivity index (χ1n) is 9.39. The van der Waals surface area contributed by atoms with Gasteiger partial charge in [0.05, 0.1) is 27.3 Å². The number of Topliss-reactive ketones (excluding diaryl/α,β-unsaturated/α-hetero) is 1. The van der Waals surface area contributed by atoms with Crippen LogP contribution < -0.4 is 4.90 Å². The SMILES string of the molecule is O=C(COC(=O)c1ccc(N2C(=O)c3ccccc3C2=O)cc1)c1cccc([N+](=O)[O-])c1. The molecule has 4 rings (SSSR count). The zero-order valence-electron chi connectivity index (χ0n) is 16.4. The molecule has 32 heavy (non-hydrogen) atoms. The normalized spacial score (nSPS) is 12.4. The van der Waals surface area contributed by atoms with Crippen LogP contribution in [0.2, 0.25) is 0 Å². The van der Waals surface area contributed by atoms with Crippen molar-refractivity contribution in [3.05, 3.63) is 105 Å². The van der Waals surface area contributed by atoms with E-state index in [9.17, 15) is 29.3 Å². The van der Waals surface area contributed by atoms with Gasteiger partial charge in [0.1, 0.15) is 0 Å². The minimum Gasteiger partial charge on any atom is -0.454 e. The number of nitro groups is 1. The molecule has 0 radical (unpaired) electrons. The monoisotopic (exact) mass is 430 g/mol. The van der Waals surface area contributed by atoms with Crippen molar-refractivity contribution in [3.63, 3.8) is 0 Å². The molecule has 0 saturated carbocycles. The van der Waals surface area contributed by atoms with E-state index in [-0.39, 0.29) is 16.8 Å². The minimum atomic E-state index is -0.794. The summed E-state index contributed by atoms with van der Waals surface area (Å²) in [5.41, 5.74) is 0.817. The fourth-order valence-electron chi connectivity index (χ4n) is 3.26. The fraction of sp³-hybridized carbons (Fsp3) is 0.0435. The Balaban J connectivity index is 1.42. The van der Waals surface area contributed by atoms with Gasteiger partial charge in [-0.1, -0.05) is 24.3 Å². The molecule has 3 aromatic carbocycles. The Bertz CT molecular complexity index is 1250. The van der Waals surface area contributed by atoms with Gasteiger partial charge in [-0.3, -0.25) is 24.5 Å². The smallest absolute Gasteiger partial charge is 0.338 e. The van der Waals surface area contributed by atoms with Crippen molar-refractivity contribution in [3.8, 4) is 0 Å². The van der Waals surface area contributed by atoms with E-state index in [1.54, 1.807) is 24.3 Å². The van der Waals surface area contributed by atoms with Gasteiger partial charge >= 0.3 is 5.97 Å². The average molecular weight is 430 g/mol. The number of ether oxygens (including phenoxy) is 1. The zero-order valence-corrected chi connectivity index (χ0v) is 16.4. The summed E-state index contributed by atoms with van der Waals surface area (Å²) in [5, 5.41) is 10.8. The number of non-ortho nitro benzene ring substituents is 1. The molecule has 3 aromatic rings. The number of benzene rings is 3. The average Bonchev–Trinajstić information content (AvgIpc) is 3.07. The summed E-state index contributed by atoms with van der Waals surface area (Å²) < 4.78 is 5.00. The molecular weight excluding hydrogens is 416 g/mol. The van der Waals surface area contributed by atoms with Crippen LogP contribution in [-0.2, 0) is 4.74 Å². The standard InChI is InChI=1S/C23H14N2O7/c26-20(15-4-3-5-17(12-15)25(30)31)13-32-23(29)14-8-10-16(11-9-14)24-21(27)18-6-1-2-7-19(18)22(24)28/h1-12H,13H2. The molecule has 158 valence electrons. The number of ketones is 1. The molecule has 0 atom stereocenters. The van der Waals surface area contributed by atoms with Gasteiger partial charge in [-0.15, -0.1) is 0 Å². The number of imide groups is 1. The first kappa shape index (κ1) is 20.6. The van der Waals surface area contributed by atoms with Gasteiger partial charge in [-0.05, 0) is 36.4 Å². The van der Waals surface area contributed by atoms with Crippen molar-refractivity contribution in [2.75, 3.05) is 11.5 Å². The zero-order chi connectivity index (χ0) is 22.8. The van der Waals surface area contributed by atoms with Gasteiger partial charge in [0.15, 0.2) is 6.61 Å². The Labute approximate surface area is 181 Å². The topological polar surface area (TPSA) is 124 Å². The molecule has 9 heteroatoms. The first-order chi connectivity index (χ1) is 15.4. The van der Waals surface area contributed by atoms with E-state index in [2.05, 4.69) is 0 Å². The van der Waals surface area contributed by atoms with E-state index in [4.69, 9.17) is 4.74 Å². The van der Waals surface area contributed by atoms with Crippen LogP contribution in [0, 0.1) is 10.1 Å². The number of nitro benzene ring substituents is 1. The number of amides is 2. The maximum absolute atomic E-state index is 12.5. The molecule has 0 aromatic heterocycles. The van der Waals surface area contributed by atoms with Gasteiger partial charge in [0.2, 0.25) is 5.78 Å². The second-order valence-corrected chi connectivity index (χ2v) is 6.84. The summed E-state index contributed by atoms with van der Waals surface area (Å²) in [4.78, 5) is 60.7. The number of carbonyl (C=O) groups is 4. The molecule has 1 heterocycles. The number of hydrogen-bond donors (Lipinski definition) is 0. The lowest BCUT2D eigenvalue weighted by atomic mass is 10.1. The summed E-state index contributed by atoms with van der Waals surface area (Å²) in [6.07, 6.45) is 0. The molecular formula is C23H14N2O7. The molecule has 0 aliphatic carbocycles. The van der Waals surface area contributed by atoms with Crippen molar-refractivity contribution in [1.82, 2.24) is 0 Å². The van der Waals surface area contributed by atoms with Crippen molar-refractivity contribution in [1.29, 1.82) is 0 Å². The summed E-state index contributed by atoms with van der Waals surface area (Å²) >= 11 is 0. The van der Waals surface area contributed by atoms with E-state index < -0.39 is 35.1 Å². The van der Waals surface area contributed by atoms with E-state index in [1.165, 1.54) is 42.5 Å². The second-order valence-electron chi connectivity index (χ2n) is 6.84. The predicted octanol–water partition coefficient (Wildman–Crippen LogP) is 3.44. The molecule has 0 unspecified atom stereocenters. The number of carbonyl (C=O) groups excluding carboxylic acids is 4. The Morgan fingerprint density at radius 2 is 1.47 bits per heavy atom. The van der Waals surface area contributed by atoms with Crippen molar-refractivity contribution in [2.45, 2.75) is 0 Å². The molecule has 1 aliphatic heterocycles. The lowest BCUT2D eigenvalue weighted by molar-refractivity contribution is -0.384. The van der Waals surface area contributed by atoms with Gasteiger partial charge in [-0.2, -0.15) is 0 Å². The number of esters is 1. The molecule has 0 bridgehead atoms. The number of anilines is 1. The van der Waals surface area contributed by atoms with Crippen LogP contribution in [0.15, 0.2) is 72.8 Å². The lowest BCUT2D eigenvalue weighted by Crippen LogP contribution is -2.29. The number of rotatable bonds is 6. The third-order valence-corrected chi connectivity index (χ3v) is 4.87. The number of hydrogen-bond acceptors (Lipinski definition) is 7. The quantitative estimate of drug-likeness (QED) is 0.193. The molecule has 0 saturated heterocycles. The molecule has 0 spiro atoms. The fourth-order valence-corrected chi connectivity index (χ4v) is 3.26. The highest BCUT2D eigenvalue weighted by Gasteiger charge is 2.36. The Hall–Kier alpha value is -4.66. The molecule has 1 aliphatic rings. The largest absolute Gasteiger partial charge is 0.454 e. The van der Waals surface area contributed by atoms with E-state index in [1.807, 2.05) is 0 Å². The summed E-state index contributed by atoms with van der Waals surface area (Å²) in [7, 11) is 0. The van der Waals surface area contributed by atoms with Crippen LogP contribution in [-0.4, -0.2) is 35.1 Å². The maximum atomic E-state index is 12.5. The molecule has 2 amide bonds. The van der Waals surface area contributed by atoms with Crippen molar-refractivity contribution >= 4 is 34.9 Å². The highest BCUT2D eigenvalue weighted by atomic mass is 16.6. The second kappa shape index (κ2) is 8.23. The highest BCUT2D eigenvalue weighted by molar-refractivity contribution is 6.34. The Kier molecular flexibility index (Phi) is 5.30. The lowest BCUT2D eigenvalue weighted by Gasteiger charge is -2.14. The number of nitrogens with zero attached hydrogens (tertiary/aromatic N) is 2. The van der Waals surface area contributed by atoms with E-state index in [0.29, 0.717) is 16.8 Å². The van der Waals surface area contributed by atoms with Crippen LogP contribution in [0.3, 0.4) is 0 Å². The highest BCUT2D eigenvalue weighted by Crippen LogP contribution is 2.28. The summed E-state index contributed by atoms with van der Waals surface area (Å²) in [6, 6.07) is 17.2. The number of fused-ring (bicyclic) bond motifs is 1. The summed E-state index contributed by atoms with van der Waals surface area (Å²) in [5.74, 6) is -2.30. The van der Waals surface area contributed by atoms with Gasteiger partial charge in [-0.25, -0.2) is 9.69 Å². The molecule has 9 nitrogen and oxygen atoms in total. The van der Waals surface area contributed by atoms with Crippen LogP contribution in [0.25, 0.3) is 0 Å².